The van der Waals surface area contributed by atoms with E-state index in [1.807, 2.05) is 0 Å². The molecule has 0 aromatic rings. The highest BCUT2D eigenvalue weighted by atomic mass is 79.9. The molecule has 0 aromatic carbocycles. The zero-order chi connectivity index (χ0) is 3.41. The van der Waals surface area contributed by atoms with Crippen LogP contribution in [0.4, 0.5) is 4.39 Å². The summed E-state index contributed by atoms with van der Waals surface area (Å²) in [4.78, 5) is 1.15. The molecule has 0 aliphatic carbocycles. The Morgan fingerprint density at radius 2 is 2.00 bits per heavy atom. The maximum Gasteiger partial charge on any atom is 0.0936 e. The third-order valence-electron chi connectivity index (χ3n) is 0.0476. The fourth-order valence-electron chi connectivity index (χ4n) is 0. The molecule has 0 N–H and O–H groups in total. The van der Waals surface area contributed by atoms with Gasteiger partial charge in [-0.3, -0.25) is 0 Å². The van der Waals surface area contributed by atoms with Gasteiger partial charge in [0.1, 0.15) is 0 Å². The van der Waals surface area contributed by atoms with E-state index in [2.05, 4.69) is 15.9 Å². The summed E-state index contributed by atoms with van der Waals surface area (Å²) >= 11 is 2.69. The topological polar surface area (TPSA) is 0 Å². The van der Waals surface area contributed by atoms with Crippen molar-refractivity contribution in [3.8, 4) is 0 Å². The molecule has 0 amide bonds. The summed E-state index contributed by atoms with van der Waals surface area (Å²) < 4.78 is 10.5. The minimum absolute atomic E-state index is 0.417. The van der Waals surface area contributed by atoms with E-state index < -0.39 is 0 Å². The van der Waals surface area contributed by atoms with Gasteiger partial charge in [-0.05, 0) is 0 Å². The molecule has 0 unspecified atom stereocenters. The molecule has 0 aliphatic rings. The Hall–Kier alpha value is 0.150. The Kier molecular flexibility index (Phi) is 3.27. The van der Waals surface area contributed by atoms with Gasteiger partial charge < -0.3 is 0 Å². The summed E-state index contributed by atoms with van der Waals surface area (Å²) in [7, 11) is 0. The Balaban J connectivity index is 2.55. The lowest BCUT2D eigenvalue weighted by atomic mass is 11.2. The molecule has 0 bridgehead atoms. The Bertz CT molecular complexity index is 21.2. The molecule has 0 fully saturated rings. The number of hydrogen-bond donors (Lipinski definition) is 0. The molecule has 4 heavy (non-hydrogen) atoms. The molecule has 0 atom stereocenters. The molecule has 24 valence electrons. The molecule has 0 radical (unpaired) electrons. The second kappa shape index (κ2) is 3.15. The van der Waals surface area contributed by atoms with Crippen molar-refractivity contribution in [3.63, 3.8) is 0 Å². The van der Waals surface area contributed by atoms with Gasteiger partial charge in [-0.1, -0.05) is 15.9 Å². The second-order valence-corrected chi connectivity index (χ2v) is 0.781. The molecule has 2 heteroatoms. The first-order valence-corrected chi connectivity index (χ1v) is 1.69. The van der Waals surface area contributed by atoms with Gasteiger partial charge in [0.25, 0.3) is 0 Å². The summed E-state index contributed by atoms with van der Waals surface area (Å²) in [5, 5.41) is 0. The minimum Gasteiger partial charge on any atom is -0.215 e. The lowest BCUT2D eigenvalue weighted by molar-refractivity contribution is 0.724. The van der Waals surface area contributed by atoms with Crippen LogP contribution in [0, 0.1) is 0 Å². The van der Waals surface area contributed by atoms with Crippen LogP contribution in [-0.2, 0) is 0 Å². The van der Waals surface area contributed by atoms with Crippen molar-refractivity contribution in [3.05, 3.63) is 11.3 Å². The molecule has 0 saturated carbocycles. The van der Waals surface area contributed by atoms with E-state index in [4.69, 9.17) is 0 Å². The van der Waals surface area contributed by atoms with Crippen LogP contribution in [0.2, 0.25) is 0 Å². The molecular weight excluding hydrogens is 123 g/mol. The fourth-order valence-corrected chi connectivity index (χ4v) is 0. The van der Waals surface area contributed by atoms with E-state index in [9.17, 15) is 4.39 Å². The Morgan fingerprint density at radius 3 is 2.00 bits per heavy atom. The summed E-state index contributed by atoms with van der Waals surface area (Å²) in [6.07, 6.45) is 0.417. The van der Waals surface area contributed by atoms with Crippen LogP contribution >= 0.6 is 15.9 Å². The van der Waals surface area contributed by atoms with Crippen LogP contribution in [0.1, 0.15) is 0 Å². The van der Waals surface area contributed by atoms with E-state index in [0.29, 0.717) is 6.33 Å². The first-order valence-electron chi connectivity index (χ1n) is 0.770. The minimum atomic E-state index is 0.417. The fraction of sp³-hybridized carbons (Fsp3) is 0. The SMILES string of the molecule is FC=CBr. The van der Waals surface area contributed by atoms with Gasteiger partial charge in [0.15, 0.2) is 0 Å². The third kappa shape index (κ3) is 2.15. The van der Waals surface area contributed by atoms with E-state index in [-0.39, 0.29) is 0 Å². The Morgan fingerprint density at radius 1 is 1.75 bits per heavy atom. The smallest absolute Gasteiger partial charge is 0.0936 e. The van der Waals surface area contributed by atoms with E-state index in [0.717, 1.165) is 4.99 Å². The van der Waals surface area contributed by atoms with Crippen molar-refractivity contribution in [2.24, 2.45) is 0 Å². The van der Waals surface area contributed by atoms with Crippen molar-refractivity contribution in [1.82, 2.24) is 0 Å². The molecule has 0 saturated heterocycles. The number of hydrogen-bond acceptors (Lipinski definition) is 0. The lowest BCUT2D eigenvalue weighted by Crippen LogP contribution is -1.13. The van der Waals surface area contributed by atoms with Crippen molar-refractivity contribution >= 4 is 15.9 Å². The molecule has 0 aliphatic heterocycles. The van der Waals surface area contributed by atoms with E-state index in [1.54, 1.807) is 0 Å². The van der Waals surface area contributed by atoms with Gasteiger partial charge in [-0.2, -0.15) is 0 Å². The van der Waals surface area contributed by atoms with Gasteiger partial charge >= 0.3 is 0 Å². The zero-order valence-corrected chi connectivity index (χ0v) is 3.50. The van der Waals surface area contributed by atoms with Crippen molar-refractivity contribution in [2.75, 3.05) is 0 Å². The maximum atomic E-state index is 10.5. The first kappa shape index (κ1) is 4.15. The summed E-state index contributed by atoms with van der Waals surface area (Å²) in [6, 6.07) is 0. The predicted octanol–water partition coefficient (Wildman–Crippen LogP) is 1.82. The molecule has 0 spiro atoms. The van der Waals surface area contributed by atoms with E-state index in [1.165, 1.54) is 0 Å². The van der Waals surface area contributed by atoms with Gasteiger partial charge in [0.05, 0.1) is 6.33 Å². The third-order valence-corrected chi connectivity index (χ3v) is 0.247. The van der Waals surface area contributed by atoms with Crippen LogP contribution in [-0.4, -0.2) is 0 Å². The first-order chi connectivity index (χ1) is 1.91. The summed E-state index contributed by atoms with van der Waals surface area (Å²) in [5.74, 6) is 0. The molecule has 0 heterocycles. The van der Waals surface area contributed by atoms with Crippen LogP contribution < -0.4 is 0 Å². The standard InChI is InChI=1S/C2H2BrF/c3-1-2-4/h1-2H. The van der Waals surface area contributed by atoms with Gasteiger partial charge in [0.2, 0.25) is 0 Å². The van der Waals surface area contributed by atoms with Crippen molar-refractivity contribution in [1.29, 1.82) is 0 Å². The van der Waals surface area contributed by atoms with Crippen LogP contribution in [0.15, 0.2) is 11.3 Å². The quantitative estimate of drug-likeness (QED) is 0.463. The van der Waals surface area contributed by atoms with E-state index >= 15 is 0 Å². The average molecular weight is 125 g/mol. The van der Waals surface area contributed by atoms with Crippen molar-refractivity contribution in [2.45, 2.75) is 0 Å². The normalized spacial score (nSPS) is 9.50. The molecule has 0 nitrogen and oxygen atoms in total. The second-order valence-electron chi connectivity index (χ2n) is 0.252. The zero-order valence-electron chi connectivity index (χ0n) is 1.91. The largest absolute Gasteiger partial charge is 0.215 e. The summed E-state index contributed by atoms with van der Waals surface area (Å²) in [5.41, 5.74) is 0. The average Bonchev–Trinajstić information content (AvgIpc) is 1.37. The molecule has 0 aromatic heterocycles. The molecular formula is C2H2BrF. The van der Waals surface area contributed by atoms with Gasteiger partial charge in [-0.15, -0.1) is 0 Å². The van der Waals surface area contributed by atoms with Crippen LogP contribution in [0.25, 0.3) is 0 Å². The summed E-state index contributed by atoms with van der Waals surface area (Å²) in [6.45, 7) is 0. The predicted molar refractivity (Wildman–Crippen MR) is 19.2 cm³/mol. The monoisotopic (exact) mass is 124 g/mol. The maximum absolute atomic E-state index is 10.5. The lowest BCUT2D eigenvalue weighted by Gasteiger charge is -1.43. The van der Waals surface area contributed by atoms with Crippen LogP contribution in [0.5, 0.6) is 0 Å². The highest BCUT2D eigenvalue weighted by Crippen LogP contribution is 1.78. The van der Waals surface area contributed by atoms with Gasteiger partial charge in [-0.25, -0.2) is 4.39 Å². The van der Waals surface area contributed by atoms with Gasteiger partial charge in [0, 0.05) is 4.99 Å². The van der Waals surface area contributed by atoms with Crippen molar-refractivity contribution < 1.29 is 4.39 Å². The number of halogens is 2. The highest BCUT2D eigenvalue weighted by Gasteiger charge is 1.41. The number of rotatable bonds is 0. The highest BCUT2D eigenvalue weighted by molar-refractivity contribution is 9.11. The van der Waals surface area contributed by atoms with Crippen LogP contribution in [0.3, 0.4) is 0 Å². The Labute approximate surface area is 32.4 Å². The molecule has 0 rings (SSSR count).